The number of carbonyl (C=O) groups excluding carboxylic acids is 3. The first kappa shape index (κ1) is 29.8. The van der Waals surface area contributed by atoms with Crippen LogP contribution in [0.2, 0.25) is 0 Å². The highest BCUT2D eigenvalue weighted by Gasteiger charge is 2.25. The van der Waals surface area contributed by atoms with Crippen molar-refractivity contribution in [3.8, 4) is 11.1 Å². The minimum absolute atomic E-state index is 0.00909. The average molecular weight is 567 g/mol. The van der Waals surface area contributed by atoms with E-state index in [1.807, 2.05) is 51.1 Å². The van der Waals surface area contributed by atoms with E-state index in [1.54, 1.807) is 49.4 Å². The SMILES string of the molecule is Cc1cc(-c2ccc(C(=O)NCC(C)(C)C)cc2C(=O)OCc2ccccc2)c(C(=O)Nc2ccc(C(=N)N)cc2)o1. The third kappa shape index (κ3) is 7.51. The molecule has 0 saturated carbocycles. The molecule has 0 aliphatic heterocycles. The Kier molecular flexibility index (Phi) is 8.90. The third-order valence-corrected chi connectivity index (χ3v) is 6.30. The first-order chi connectivity index (χ1) is 19.9. The quantitative estimate of drug-likeness (QED) is 0.112. The van der Waals surface area contributed by atoms with Crippen LogP contribution in [0.1, 0.15) is 68.9 Å². The molecule has 2 amide bonds. The Labute approximate surface area is 244 Å². The van der Waals surface area contributed by atoms with E-state index < -0.39 is 11.9 Å². The number of hydrogen-bond donors (Lipinski definition) is 4. The highest BCUT2D eigenvalue weighted by molar-refractivity contribution is 6.09. The topological polar surface area (TPSA) is 148 Å². The Bertz CT molecular complexity index is 1620. The average Bonchev–Trinajstić information content (AvgIpc) is 3.36. The van der Waals surface area contributed by atoms with Gasteiger partial charge < -0.3 is 25.5 Å². The smallest absolute Gasteiger partial charge is 0.339 e. The molecule has 0 spiro atoms. The molecular weight excluding hydrogens is 532 g/mol. The molecule has 4 rings (SSSR count). The number of nitrogens with two attached hydrogens (primary N) is 1. The van der Waals surface area contributed by atoms with E-state index >= 15 is 0 Å². The van der Waals surface area contributed by atoms with Gasteiger partial charge in [-0.05, 0) is 60.4 Å². The Hall–Kier alpha value is -5.18. The number of amides is 2. The molecule has 0 unspecified atom stereocenters. The Morgan fingerprint density at radius 1 is 0.881 bits per heavy atom. The highest BCUT2D eigenvalue weighted by Crippen LogP contribution is 2.32. The van der Waals surface area contributed by atoms with Crippen LogP contribution in [0.25, 0.3) is 11.1 Å². The normalized spacial score (nSPS) is 11.0. The van der Waals surface area contributed by atoms with Crippen molar-refractivity contribution in [2.24, 2.45) is 11.1 Å². The van der Waals surface area contributed by atoms with Crippen LogP contribution in [0.5, 0.6) is 0 Å². The fourth-order valence-electron chi connectivity index (χ4n) is 4.14. The number of amidine groups is 1. The zero-order valence-electron chi connectivity index (χ0n) is 24.0. The van der Waals surface area contributed by atoms with Gasteiger partial charge in [0.2, 0.25) is 0 Å². The van der Waals surface area contributed by atoms with Gasteiger partial charge >= 0.3 is 5.97 Å². The van der Waals surface area contributed by atoms with Gasteiger partial charge in [0.15, 0.2) is 5.76 Å². The van der Waals surface area contributed by atoms with Crippen molar-refractivity contribution in [2.75, 3.05) is 11.9 Å². The molecule has 42 heavy (non-hydrogen) atoms. The van der Waals surface area contributed by atoms with Crippen LogP contribution in [0.4, 0.5) is 5.69 Å². The van der Waals surface area contributed by atoms with E-state index in [4.69, 9.17) is 20.3 Å². The van der Waals surface area contributed by atoms with Crippen LogP contribution in [0, 0.1) is 17.7 Å². The van der Waals surface area contributed by atoms with Gasteiger partial charge in [0.05, 0.1) is 5.56 Å². The van der Waals surface area contributed by atoms with Crippen LogP contribution in [-0.2, 0) is 11.3 Å². The summed E-state index contributed by atoms with van der Waals surface area (Å²) in [6.07, 6.45) is 0. The molecule has 0 aliphatic carbocycles. The summed E-state index contributed by atoms with van der Waals surface area (Å²) in [5.74, 6) is -1.15. The van der Waals surface area contributed by atoms with Crippen LogP contribution in [0.3, 0.4) is 0 Å². The number of nitrogens with one attached hydrogen (secondary N) is 3. The van der Waals surface area contributed by atoms with Crippen molar-refractivity contribution in [3.05, 3.63) is 113 Å². The summed E-state index contributed by atoms with van der Waals surface area (Å²) < 4.78 is 11.4. The summed E-state index contributed by atoms with van der Waals surface area (Å²) in [4.78, 5) is 39.8. The number of furan rings is 1. The first-order valence-electron chi connectivity index (χ1n) is 13.4. The van der Waals surface area contributed by atoms with Gasteiger partial charge in [-0.2, -0.15) is 0 Å². The fourth-order valence-corrected chi connectivity index (χ4v) is 4.14. The first-order valence-corrected chi connectivity index (χ1v) is 13.4. The predicted octanol–water partition coefficient (Wildman–Crippen LogP) is 5.92. The van der Waals surface area contributed by atoms with Crippen molar-refractivity contribution in [3.63, 3.8) is 0 Å². The van der Waals surface area contributed by atoms with Gasteiger partial charge in [0.1, 0.15) is 18.2 Å². The van der Waals surface area contributed by atoms with Crippen LogP contribution in [0.15, 0.2) is 83.3 Å². The van der Waals surface area contributed by atoms with Crippen molar-refractivity contribution in [1.29, 1.82) is 5.41 Å². The second-order valence-electron chi connectivity index (χ2n) is 11.1. The summed E-state index contributed by atoms with van der Waals surface area (Å²) in [7, 11) is 0. The van der Waals surface area contributed by atoms with Gasteiger partial charge in [0, 0.05) is 34.5 Å². The van der Waals surface area contributed by atoms with Gasteiger partial charge in [-0.15, -0.1) is 0 Å². The van der Waals surface area contributed by atoms with E-state index in [0.717, 1.165) is 5.56 Å². The number of anilines is 1. The molecule has 0 radical (unpaired) electrons. The lowest BCUT2D eigenvalue weighted by Gasteiger charge is -2.19. The summed E-state index contributed by atoms with van der Waals surface area (Å²) >= 11 is 0. The molecule has 1 heterocycles. The minimum Gasteiger partial charge on any atom is -0.457 e. The van der Waals surface area contributed by atoms with E-state index in [2.05, 4.69) is 10.6 Å². The van der Waals surface area contributed by atoms with Gasteiger partial charge in [0.25, 0.3) is 11.8 Å². The maximum Gasteiger partial charge on any atom is 0.339 e. The molecule has 5 N–H and O–H groups in total. The second-order valence-corrected chi connectivity index (χ2v) is 11.1. The second kappa shape index (κ2) is 12.6. The lowest BCUT2D eigenvalue weighted by molar-refractivity contribution is 0.0473. The Morgan fingerprint density at radius 3 is 2.19 bits per heavy atom. The number of aryl methyl sites for hydroxylation is 1. The maximum absolute atomic E-state index is 13.5. The molecule has 216 valence electrons. The molecule has 9 nitrogen and oxygen atoms in total. The zero-order chi connectivity index (χ0) is 30.4. The van der Waals surface area contributed by atoms with Crippen molar-refractivity contribution in [2.45, 2.75) is 34.3 Å². The molecule has 0 atom stereocenters. The molecule has 0 fully saturated rings. The lowest BCUT2D eigenvalue weighted by atomic mass is 9.95. The van der Waals surface area contributed by atoms with Crippen LogP contribution < -0.4 is 16.4 Å². The number of benzene rings is 3. The summed E-state index contributed by atoms with van der Waals surface area (Å²) in [5.41, 5.74) is 8.35. The number of nitrogen functional groups attached to an aromatic ring is 1. The summed E-state index contributed by atoms with van der Waals surface area (Å²) in [5, 5.41) is 13.2. The molecule has 9 heteroatoms. The van der Waals surface area contributed by atoms with E-state index in [1.165, 1.54) is 6.07 Å². The minimum atomic E-state index is -0.649. The molecular formula is C33H34N4O5. The van der Waals surface area contributed by atoms with Gasteiger partial charge in [-0.25, -0.2) is 4.79 Å². The van der Waals surface area contributed by atoms with Gasteiger partial charge in [-0.1, -0.05) is 57.2 Å². The van der Waals surface area contributed by atoms with Crippen LogP contribution in [-0.4, -0.2) is 30.2 Å². The highest BCUT2D eigenvalue weighted by atomic mass is 16.5. The predicted molar refractivity (Wildman–Crippen MR) is 162 cm³/mol. The van der Waals surface area contributed by atoms with Crippen LogP contribution >= 0.6 is 0 Å². The lowest BCUT2D eigenvalue weighted by Crippen LogP contribution is -2.32. The number of rotatable bonds is 9. The monoisotopic (exact) mass is 566 g/mol. The number of esters is 1. The van der Waals surface area contributed by atoms with Crippen molar-refractivity contribution >= 4 is 29.3 Å². The Morgan fingerprint density at radius 2 is 1.55 bits per heavy atom. The molecule has 4 aromatic rings. The molecule has 0 saturated heterocycles. The van der Waals surface area contributed by atoms with E-state index in [0.29, 0.717) is 34.7 Å². The van der Waals surface area contributed by atoms with E-state index in [9.17, 15) is 14.4 Å². The van der Waals surface area contributed by atoms with Crippen molar-refractivity contribution in [1.82, 2.24) is 5.32 Å². The maximum atomic E-state index is 13.5. The van der Waals surface area contributed by atoms with Gasteiger partial charge in [-0.3, -0.25) is 15.0 Å². The molecule has 1 aromatic heterocycles. The standard InChI is InChI=1S/C33H34N4O5/c1-20-16-26(28(42-20)31(39)37-24-13-10-22(11-14-24)29(34)35)25-15-12-23(30(38)36-19-33(2,3)4)17-27(25)32(40)41-18-21-8-6-5-7-9-21/h5-17H,18-19H2,1-4H3,(H3,34,35)(H,36,38)(H,37,39). The molecule has 0 bridgehead atoms. The van der Waals surface area contributed by atoms with E-state index in [-0.39, 0.29) is 40.7 Å². The largest absolute Gasteiger partial charge is 0.457 e. The number of carbonyl (C=O) groups is 3. The summed E-state index contributed by atoms with van der Waals surface area (Å²) in [6.45, 7) is 8.20. The Balaban J connectivity index is 1.69. The third-order valence-electron chi connectivity index (χ3n) is 6.30. The molecule has 0 aliphatic rings. The zero-order valence-corrected chi connectivity index (χ0v) is 24.0. The summed E-state index contributed by atoms with van der Waals surface area (Å²) in [6, 6.07) is 22.1. The number of ether oxygens (including phenoxy) is 1. The van der Waals surface area contributed by atoms with Crippen molar-refractivity contribution < 1.29 is 23.5 Å². The number of hydrogen-bond acceptors (Lipinski definition) is 6. The molecule has 3 aromatic carbocycles. The fraction of sp³-hybridized carbons (Fsp3) is 0.212.